The first-order valence-electron chi connectivity index (χ1n) is 7.07. The lowest BCUT2D eigenvalue weighted by Gasteiger charge is -2.05. The second kappa shape index (κ2) is 7.89. The van der Waals surface area contributed by atoms with Gasteiger partial charge in [-0.05, 0) is 30.3 Å². The van der Waals surface area contributed by atoms with Gasteiger partial charge in [0.2, 0.25) is 0 Å². The Bertz CT molecular complexity index is 917. The topological polar surface area (TPSA) is 72.2 Å². The number of nitro benzene ring substituents is 1. The molecule has 0 heterocycles. The molecule has 0 aromatic heterocycles. The highest BCUT2D eigenvalue weighted by Crippen LogP contribution is 2.29. The van der Waals surface area contributed by atoms with E-state index in [9.17, 15) is 28.1 Å². The van der Waals surface area contributed by atoms with Crippen LogP contribution in [0.1, 0.15) is 21.5 Å². The van der Waals surface area contributed by atoms with Crippen molar-refractivity contribution in [2.45, 2.75) is 6.18 Å². The van der Waals surface area contributed by atoms with Crippen LogP contribution in [0.25, 0.3) is 0 Å². The molecule has 1 N–H and O–H groups in total. The minimum absolute atomic E-state index is 0.109. The summed E-state index contributed by atoms with van der Waals surface area (Å²) in [4.78, 5) is 22.2. The van der Waals surface area contributed by atoms with Crippen LogP contribution in [0, 0.1) is 22.0 Å². The van der Waals surface area contributed by atoms with Crippen LogP contribution < -0.4 is 5.32 Å². The average Bonchev–Trinajstić information content (AvgIpc) is 2.58. The fourth-order valence-corrected chi connectivity index (χ4v) is 2.15. The molecule has 0 spiro atoms. The van der Waals surface area contributed by atoms with Crippen LogP contribution in [0.4, 0.5) is 18.9 Å². The van der Waals surface area contributed by atoms with E-state index in [4.69, 9.17) is 11.6 Å². The Morgan fingerprint density at radius 1 is 1.23 bits per heavy atom. The third-order valence-electron chi connectivity index (χ3n) is 3.16. The number of carbonyl (C=O) groups is 1. The van der Waals surface area contributed by atoms with Gasteiger partial charge in [-0.15, -0.1) is 0 Å². The van der Waals surface area contributed by atoms with Gasteiger partial charge >= 0.3 is 6.18 Å². The molecule has 134 valence electrons. The largest absolute Gasteiger partial charge is 0.416 e. The molecule has 2 rings (SSSR count). The molecule has 0 aliphatic carbocycles. The molecule has 0 saturated carbocycles. The number of nitrogens with one attached hydrogen (secondary N) is 1. The Morgan fingerprint density at radius 3 is 2.62 bits per heavy atom. The van der Waals surface area contributed by atoms with Crippen molar-refractivity contribution >= 4 is 23.2 Å². The fraction of sp³-hybridized carbons (Fsp3) is 0.118. The summed E-state index contributed by atoms with van der Waals surface area (Å²) in [6, 6.07) is 8.01. The van der Waals surface area contributed by atoms with Crippen molar-refractivity contribution in [1.29, 1.82) is 0 Å². The molecule has 5 nitrogen and oxygen atoms in total. The van der Waals surface area contributed by atoms with Crippen LogP contribution in [-0.2, 0) is 6.18 Å². The van der Waals surface area contributed by atoms with Crippen LogP contribution >= 0.6 is 11.6 Å². The first-order chi connectivity index (χ1) is 12.2. The van der Waals surface area contributed by atoms with Crippen LogP contribution in [0.3, 0.4) is 0 Å². The van der Waals surface area contributed by atoms with Gasteiger partial charge in [0.05, 0.1) is 17.0 Å². The van der Waals surface area contributed by atoms with Gasteiger partial charge in [-0.25, -0.2) is 0 Å². The third kappa shape index (κ3) is 4.97. The molecule has 0 aliphatic rings. The minimum atomic E-state index is -4.47. The minimum Gasteiger partial charge on any atom is -0.341 e. The Kier molecular flexibility index (Phi) is 5.85. The summed E-state index contributed by atoms with van der Waals surface area (Å²) in [7, 11) is 0. The van der Waals surface area contributed by atoms with Crippen molar-refractivity contribution in [3.05, 3.63) is 74.3 Å². The van der Waals surface area contributed by atoms with Crippen LogP contribution in [-0.4, -0.2) is 17.4 Å². The Labute approximate surface area is 150 Å². The van der Waals surface area contributed by atoms with E-state index < -0.39 is 28.3 Å². The van der Waals surface area contributed by atoms with Gasteiger partial charge in [-0.2, -0.15) is 13.2 Å². The molecule has 1 amide bonds. The monoisotopic (exact) mass is 382 g/mol. The van der Waals surface area contributed by atoms with Gasteiger partial charge in [0.15, 0.2) is 0 Å². The van der Waals surface area contributed by atoms with Gasteiger partial charge < -0.3 is 5.32 Å². The first-order valence-corrected chi connectivity index (χ1v) is 7.44. The Balaban J connectivity index is 2.07. The average molecular weight is 383 g/mol. The van der Waals surface area contributed by atoms with E-state index in [-0.39, 0.29) is 22.7 Å². The maximum atomic E-state index is 12.6. The molecular weight excluding hydrogens is 373 g/mol. The van der Waals surface area contributed by atoms with Crippen LogP contribution in [0.2, 0.25) is 5.02 Å². The highest BCUT2D eigenvalue weighted by Gasteiger charge is 2.30. The van der Waals surface area contributed by atoms with Gasteiger partial charge in [-0.3, -0.25) is 14.9 Å². The van der Waals surface area contributed by atoms with Crippen molar-refractivity contribution in [2.75, 3.05) is 6.54 Å². The predicted molar refractivity (Wildman–Crippen MR) is 88.8 cm³/mol. The number of benzene rings is 2. The number of halogens is 4. The van der Waals surface area contributed by atoms with E-state index in [1.165, 1.54) is 24.3 Å². The lowest BCUT2D eigenvalue weighted by molar-refractivity contribution is -0.385. The smallest absolute Gasteiger partial charge is 0.341 e. The fourth-order valence-electron chi connectivity index (χ4n) is 1.99. The van der Waals surface area contributed by atoms with Crippen molar-refractivity contribution < 1.29 is 22.9 Å². The van der Waals surface area contributed by atoms with E-state index in [2.05, 4.69) is 17.2 Å². The number of hydrogen-bond acceptors (Lipinski definition) is 3. The van der Waals surface area contributed by atoms with E-state index in [1.54, 1.807) is 0 Å². The first kappa shape index (κ1) is 19.3. The molecule has 2 aromatic rings. The quantitative estimate of drug-likeness (QED) is 0.494. The zero-order chi connectivity index (χ0) is 19.3. The summed E-state index contributed by atoms with van der Waals surface area (Å²) in [5.74, 6) is 4.24. The normalized spacial score (nSPS) is 10.6. The molecular formula is C17H10ClF3N2O3. The lowest BCUT2D eigenvalue weighted by atomic mass is 10.1. The summed E-state index contributed by atoms with van der Waals surface area (Å²) in [5, 5.41) is 13.4. The van der Waals surface area contributed by atoms with Gasteiger partial charge in [0.1, 0.15) is 5.56 Å². The molecule has 9 heteroatoms. The van der Waals surface area contributed by atoms with E-state index in [1.807, 2.05) is 0 Å². The highest BCUT2D eigenvalue weighted by molar-refractivity contribution is 6.31. The van der Waals surface area contributed by atoms with E-state index in [0.717, 1.165) is 18.2 Å². The SMILES string of the molecule is O=C(NCC#Cc1cccc(C(F)(F)F)c1)c1ccc(Cl)cc1[N+](=O)[O-]. The Hall–Kier alpha value is -3.05. The second-order valence-corrected chi connectivity index (χ2v) is 5.42. The second-order valence-electron chi connectivity index (χ2n) is 4.98. The zero-order valence-corrected chi connectivity index (χ0v) is 13.7. The Morgan fingerprint density at radius 2 is 1.96 bits per heavy atom. The molecule has 0 unspecified atom stereocenters. The maximum absolute atomic E-state index is 12.6. The van der Waals surface area contributed by atoms with Crippen molar-refractivity contribution in [2.24, 2.45) is 0 Å². The molecule has 0 fully saturated rings. The number of alkyl halides is 3. The maximum Gasteiger partial charge on any atom is 0.416 e. The van der Waals surface area contributed by atoms with Crippen LogP contribution in [0.15, 0.2) is 42.5 Å². The number of nitrogens with zero attached hydrogens (tertiary/aromatic N) is 1. The van der Waals surface area contributed by atoms with E-state index >= 15 is 0 Å². The summed E-state index contributed by atoms with van der Waals surface area (Å²) in [6.45, 7) is -0.200. The van der Waals surface area contributed by atoms with Crippen molar-refractivity contribution in [1.82, 2.24) is 5.32 Å². The standard InChI is InChI=1S/C17H10ClF3N2O3/c18-13-6-7-14(15(10-13)23(25)26)16(24)22-8-2-4-11-3-1-5-12(9-11)17(19,20)21/h1,3,5-7,9-10H,8H2,(H,22,24). The molecule has 26 heavy (non-hydrogen) atoms. The van der Waals surface area contributed by atoms with Gasteiger partial charge in [-0.1, -0.05) is 29.5 Å². The molecule has 0 radical (unpaired) electrons. The van der Waals surface area contributed by atoms with E-state index in [0.29, 0.717) is 0 Å². The number of hydrogen-bond donors (Lipinski definition) is 1. The summed E-state index contributed by atoms with van der Waals surface area (Å²) in [5.41, 5.74) is -1.35. The summed E-state index contributed by atoms with van der Waals surface area (Å²) >= 11 is 5.67. The summed E-state index contributed by atoms with van der Waals surface area (Å²) in [6.07, 6.45) is -4.47. The lowest BCUT2D eigenvalue weighted by Crippen LogP contribution is -2.24. The van der Waals surface area contributed by atoms with Crippen LogP contribution in [0.5, 0.6) is 0 Å². The van der Waals surface area contributed by atoms with Gasteiger partial charge in [0, 0.05) is 16.7 Å². The van der Waals surface area contributed by atoms with Gasteiger partial charge in [0.25, 0.3) is 11.6 Å². The molecule has 0 atom stereocenters. The summed E-state index contributed by atoms with van der Waals surface area (Å²) < 4.78 is 37.8. The molecule has 0 saturated heterocycles. The zero-order valence-electron chi connectivity index (χ0n) is 12.9. The van der Waals surface area contributed by atoms with Crippen molar-refractivity contribution in [3.63, 3.8) is 0 Å². The molecule has 2 aromatic carbocycles. The number of nitro groups is 1. The third-order valence-corrected chi connectivity index (χ3v) is 3.40. The number of amides is 1. The predicted octanol–water partition coefficient (Wildman–Crippen LogP) is 4.05. The molecule has 0 aliphatic heterocycles. The molecule has 0 bridgehead atoms. The number of carbonyl (C=O) groups excluding carboxylic acids is 1. The number of rotatable bonds is 3. The highest BCUT2D eigenvalue weighted by atomic mass is 35.5. The van der Waals surface area contributed by atoms with Crippen molar-refractivity contribution in [3.8, 4) is 11.8 Å².